The normalized spacial score (nSPS) is 10.8. The predicted octanol–water partition coefficient (Wildman–Crippen LogP) is -0.221. The lowest BCUT2D eigenvalue weighted by atomic mass is 10.3. The lowest BCUT2D eigenvalue weighted by molar-refractivity contribution is -0.681. The molecular weight excluding hydrogens is 214 g/mol. The van der Waals surface area contributed by atoms with E-state index in [-0.39, 0.29) is 0 Å². The molecule has 0 aliphatic heterocycles. The molecule has 2 heterocycles. The fourth-order valence-electron chi connectivity index (χ4n) is 1.79. The van der Waals surface area contributed by atoms with Crippen molar-refractivity contribution in [2.24, 2.45) is 14.1 Å². The van der Waals surface area contributed by atoms with Gasteiger partial charge in [0.15, 0.2) is 0 Å². The maximum atomic E-state index is 5.95. The standard InChI is InChI=1S/C12H18N5/c1-9-14-12(13)11(7-16(9)4)8-17-6-5-15(3)10(17)2/h5-7,13H,8H2,1-4H3/q+1/p+1. The van der Waals surface area contributed by atoms with Crippen LogP contribution in [0.25, 0.3) is 0 Å². The maximum absolute atomic E-state index is 5.95. The number of aryl methyl sites for hydroxylation is 3. The minimum absolute atomic E-state index is 0.608. The Morgan fingerprint density at radius 1 is 1.29 bits per heavy atom. The number of rotatable bonds is 2. The molecule has 2 aromatic rings. The van der Waals surface area contributed by atoms with Gasteiger partial charge in [-0.2, -0.15) is 0 Å². The van der Waals surface area contributed by atoms with Gasteiger partial charge in [-0.05, 0) is 4.98 Å². The van der Waals surface area contributed by atoms with E-state index < -0.39 is 0 Å². The Bertz CT molecular complexity index is 556. The number of anilines is 1. The van der Waals surface area contributed by atoms with Gasteiger partial charge >= 0.3 is 0 Å². The van der Waals surface area contributed by atoms with Crippen molar-refractivity contribution in [3.8, 4) is 0 Å². The highest BCUT2D eigenvalue weighted by molar-refractivity contribution is 5.36. The lowest BCUT2D eigenvalue weighted by Crippen LogP contribution is -2.34. The largest absolute Gasteiger partial charge is 0.362 e. The van der Waals surface area contributed by atoms with Crippen LogP contribution in [-0.2, 0) is 20.6 Å². The minimum atomic E-state index is 0.608. The molecule has 0 saturated carbocycles. The Labute approximate surface area is 101 Å². The molecule has 0 spiro atoms. The number of hydrogen-bond donors (Lipinski definition) is 1. The Kier molecular flexibility index (Phi) is 2.83. The molecule has 0 atom stereocenters. The quantitative estimate of drug-likeness (QED) is 0.729. The van der Waals surface area contributed by atoms with Crippen molar-refractivity contribution in [2.45, 2.75) is 20.4 Å². The van der Waals surface area contributed by atoms with Crippen molar-refractivity contribution in [1.82, 2.24) is 9.55 Å². The van der Waals surface area contributed by atoms with Gasteiger partial charge in [-0.25, -0.2) is 13.7 Å². The van der Waals surface area contributed by atoms with Crippen LogP contribution in [0.4, 0.5) is 5.82 Å². The Hall–Kier alpha value is -1.91. The first-order valence-electron chi connectivity index (χ1n) is 5.62. The second kappa shape index (κ2) is 4.16. The average Bonchev–Trinajstić information content (AvgIpc) is 2.58. The summed E-state index contributed by atoms with van der Waals surface area (Å²) in [5, 5.41) is 0. The molecule has 2 aromatic heterocycles. The molecule has 0 radical (unpaired) electrons. The van der Waals surface area contributed by atoms with Gasteiger partial charge in [-0.15, -0.1) is 0 Å². The van der Waals surface area contributed by atoms with E-state index in [1.165, 1.54) is 5.82 Å². The first-order valence-corrected chi connectivity index (χ1v) is 5.62. The van der Waals surface area contributed by atoms with Crippen LogP contribution in [0, 0.1) is 13.8 Å². The van der Waals surface area contributed by atoms with Crippen molar-refractivity contribution >= 4 is 5.82 Å². The van der Waals surface area contributed by atoms with E-state index in [1.807, 2.05) is 38.0 Å². The average molecular weight is 233 g/mol. The molecule has 0 unspecified atom stereocenters. The summed E-state index contributed by atoms with van der Waals surface area (Å²) in [4.78, 5) is 4.33. The van der Waals surface area contributed by atoms with Gasteiger partial charge in [-0.3, -0.25) is 0 Å². The van der Waals surface area contributed by atoms with Crippen molar-refractivity contribution in [1.29, 1.82) is 0 Å². The smallest absolute Gasteiger partial charge is 0.297 e. The van der Waals surface area contributed by atoms with Crippen LogP contribution in [0.2, 0.25) is 0 Å². The van der Waals surface area contributed by atoms with Gasteiger partial charge in [0.2, 0.25) is 5.82 Å². The molecule has 0 saturated heterocycles. The topological polar surface area (TPSA) is 51.6 Å². The predicted molar refractivity (Wildman–Crippen MR) is 64.0 cm³/mol. The molecule has 0 aliphatic carbocycles. The molecule has 2 N–H and O–H groups in total. The van der Waals surface area contributed by atoms with Gasteiger partial charge in [0.25, 0.3) is 11.6 Å². The van der Waals surface area contributed by atoms with Crippen LogP contribution in [0.1, 0.15) is 17.2 Å². The van der Waals surface area contributed by atoms with E-state index >= 15 is 0 Å². The first-order chi connectivity index (χ1) is 7.99. The van der Waals surface area contributed by atoms with Crippen LogP contribution in [-0.4, -0.2) is 9.55 Å². The van der Waals surface area contributed by atoms with Gasteiger partial charge in [-0.1, -0.05) is 0 Å². The zero-order chi connectivity index (χ0) is 12.6. The molecule has 90 valence electrons. The van der Waals surface area contributed by atoms with Crippen molar-refractivity contribution < 1.29 is 9.13 Å². The fourth-order valence-corrected chi connectivity index (χ4v) is 1.79. The summed E-state index contributed by atoms with van der Waals surface area (Å²) in [5.41, 5.74) is 6.99. The van der Waals surface area contributed by atoms with E-state index in [2.05, 4.69) is 27.2 Å². The first kappa shape index (κ1) is 11.6. The summed E-state index contributed by atoms with van der Waals surface area (Å²) in [6.45, 7) is 4.78. The molecule has 5 heteroatoms. The fraction of sp³-hybridized carbons (Fsp3) is 0.417. The van der Waals surface area contributed by atoms with Crippen molar-refractivity contribution in [2.75, 3.05) is 5.73 Å². The highest BCUT2D eigenvalue weighted by Gasteiger charge is 2.16. The molecule has 0 fully saturated rings. The Morgan fingerprint density at radius 2 is 2.00 bits per heavy atom. The van der Waals surface area contributed by atoms with E-state index in [1.54, 1.807) is 0 Å². The Morgan fingerprint density at radius 3 is 2.59 bits per heavy atom. The van der Waals surface area contributed by atoms with Crippen molar-refractivity contribution in [3.63, 3.8) is 0 Å². The Balaban J connectivity index is 2.36. The van der Waals surface area contributed by atoms with E-state index in [0.717, 1.165) is 17.9 Å². The SMILES string of the molecule is Cc1nc(N)c(Cn2cc[n+](C)c2C)c[n+]1C. The number of hydrogen-bond acceptors (Lipinski definition) is 2. The number of nitrogens with two attached hydrogens (primary N) is 1. The van der Waals surface area contributed by atoms with Crippen LogP contribution < -0.4 is 14.9 Å². The maximum Gasteiger partial charge on any atom is 0.297 e. The molecule has 17 heavy (non-hydrogen) atoms. The number of aromatic nitrogens is 4. The number of imidazole rings is 1. The minimum Gasteiger partial charge on any atom is -0.362 e. The van der Waals surface area contributed by atoms with E-state index in [0.29, 0.717) is 5.82 Å². The van der Waals surface area contributed by atoms with Crippen molar-refractivity contribution in [3.05, 3.63) is 35.8 Å². The number of nitrogens with zero attached hydrogens (tertiary/aromatic N) is 4. The van der Waals surface area contributed by atoms with Crippen LogP contribution >= 0.6 is 0 Å². The third-order valence-electron chi connectivity index (χ3n) is 3.21. The molecule has 5 nitrogen and oxygen atoms in total. The molecule has 0 amide bonds. The van der Waals surface area contributed by atoms with Crippen LogP contribution in [0.15, 0.2) is 18.6 Å². The molecule has 0 bridgehead atoms. The van der Waals surface area contributed by atoms with Gasteiger partial charge < -0.3 is 5.73 Å². The van der Waals surface area contributed by atoms with Gasteiger partial charge in [0, 0.05) is 13.8 Å². The summed E-state index contributed by atoms with van der Waals surface area (Å²) < 4.78 is 6.23. The highest BCUT2D eigenvalue weighted by Crippen LogP contribution is 2.09. The summed E-state index contributed by atoms with van der Waals surface area (Å²) in [5.74, 6) is 2.71. The third-order valence-corrected chi connectivity index (χ3v) is 3.21. The summed E-state index contributed by atoms with van der Waals surface area (Å²) in [7, 11) is 4.01. The summed E-state index contributed by atoms with van der Waals surface area (Å²) in [6.07, 6.45) is 6.12. The molecule has 2 rings (SSSR count). The monoisotopic (exact) mass is 233 g/mol. The zero-order valence-corrected chi connectivity index (χ0v) is 10.8. The summed E-state index contributed by atoms with van der Waals surface area (Å²) >= 11 is 0. The molecule has 0 aliphatic rings. The van der Waals surface area contributed by atoms with E-state index in [4.69, 9.17) is 5.73 Å². The zero-order valence-electron chi connectivity index (χ0n) is 10.8. The molecular formula is C12H19N5+2. The number of nitrogen functional groups attached to an aromatic ring is 1. The van der Waals surface area contributed by atoms with Gasteiger partial charge in [0.1, 0.15) is 30.7 Å². The van der Waals surface area contributed by atoms with Crippen LogP contribution in [0.5, 0.6) is 0 Å². The molecule has 0 aromatic carbocycles. The van der Waals surface area contributed by atoms with Crippen LogP contribution in [0.3, 0.4) is 0 Å². The lowest BCUT2D eigenvalue weighted by Gasteiger charge is -2.02. The highest BCUT2D eigenvalue weighted by atomic mass is 15.1. The van der Waals surface area contributed by atoms with Gasteiger partial charge in [0.05, 0.1) is 14.1 Å². The summed E-state index contributed by atoms with van der Waals surface area (Å²) in [6, 6.07) is 0. The second-order valence-corrected chi connectivity index (χ2v) is 4.39. The third kappa shape index (κ3) is 2.13. The second-order valence-electron chi connectivity index (χ2n) is 4.39. The van der Waals surface area contributed by atoms with E-state index in [9.17, 15) is 0 Å².